The van der Waals surface area contributed by atoms with Gasteiger partial charge in [-0.25, -0.2) is 4.39 Å². The Balaban J connectivity index is 1.43. The minimum absolute atomic E-state index is 0.0492. The molecule has 2 amide bonds. The Labute approximate surface area is 162 Å². The van der Waals surface area contributed by atoms with E-state index in [-0.39, 0.29) is 30.6 Å². The van der Waals surface area contributed by atoms with Crippen LogP contribution in [0.3, 0.4) is 0 Å². The molecule has 0 aliphatic carbocycles. The van der Waals surface area contributed by atoms with Gasteiger partial charge in [0.05, 0.1) is 13.0 Å². The number of hydrogen-bond acceptors (Lipinski definition) is 3. The highest BCUT2D eigenvalue weighted by Crippen LogP contribution is 2.20. The van der Waals surface area contributed by atoms with Crippen molar-refractivity contribution in [2.75, 3.05) is 37.6 Å². The SMILES string of the molecule is O=C(Cc1cccc(F)c1)NCC(=O)N1CCN(c2cccc(Cl)c2)CC1. The minimum Gasteiger partial charge on any atom is -0.368 e. The van der Waals surface area contributed by atoms with Crippen molar-refractivity contribution in [1.82, 2.24) is 10.2 Å². The van der Waals surface area contributed by atoms with Crippen LogP contribution in [-0.2, 0) is 16.0 Å². The molecule has 5 nitrogen and oxygen atoms in total. The summed E-state index contributed by atoms with van der Waals surface area (Å²) in [5, 5.41) is 3.30. The maximum atomic E-state index is 13.1. The van der Waals surface area contributed by atoms with Gasteiger partial charge in [-0.2, -0.15) is 0 Å². The van der Waals surface area contributed by atoms with Gasteiger partial charge < -0.3 is 15.1 Å². The lowest BCUT2D eigenvalue weighted by atomic mass is 10.1. The largest absolute Gasteiger partial charge is 0.368 e. The molecule has 1 heterocycles. The molecule has 1 aliphatic heterocycles. The molecular formula is C20H21ClFN3O2. The van der Waals surface area contributed by atoms with E-state index in [0.717, 1.165) is 5.69 Å². The molecule has 0 bridgehead atoms. The number of rotatable bonds is 5. The predicted molar refractivity (Wildman–Crippen MR) is 103 cm³/mol. The second-order valence-electron chi connectivity index (χ2n) is 6.43. The van der Waals surface area contributed by atoms with Crippen LogP contribution in [0.5, 0.6) is 0 Å². The van der Waals surface area contributed by atoms with Crippen LogP contribution in [0.1, 0.15) is 5.56 Å². The zero-order valence-electron chi connectivity index (χ0n) is 14.8. The quantitative estimate of drug-likeness (QED) is 0.854. The first kappa shape index (κ1) is 19.2. The normalized spacial score (nSPS) is 14.1. The summed E-state index contributed by atoms with van der Waals surface area (Å²) in [6.07, 6.45) is 0.0492. The van der Waals surface area contributed by atoms with Gasteiger partial charge in [-0.15, -0.1) is 0 Å². The molecule has 27 heavy (non-hydrogen) atoms. The Kier molecular flexibility index (Phi) is 6.29. The number of carbonyl (C=O) groups excluding carboxylic acids is 2. The highest BCUT2D eigenvalue weighted by molar-refractivity contribution is 6.30. The molecule has 0 atom stereocenters. The molecule has 3 rings (SSSR count). The van der Waals surface area contributed by atoms with Crippen molar-refractivity contribution in [2.24, 2.45) is 0 Å². The van der Waals surface area contributed by atoms with Gasteiger partial charge in [-0.3, -0.25) is 9.59 Å². The molecule has 2 aromatic rings. The highest BCUT2D eigenvalue weighted by atomic mass is 35.5. The summed E-state index contributed by atoms with van der Waals surface area (Å²) >= 11 is 6.03. The molecule has 0 aromatic heterocycles. The van der Waals surface area contributed by atoms with Crippen molar-refractivity contribution in [2.45, 2.75) is 6.42 Å². The minimum atomic E-state index is -0.381. The van der Waals surface area contributed by atoms with Crippen molar-refractivity contribution >= 4 is 29.1 Å². The van der Waals surface area contributed by atoms with E-state index in [1.165, 1.54) is 12.1 Å². The van der Waals surface area contributed by atoms with Gasteiger partial charge in [-0.1, -0.05) is 29.8 Å². The van der Waals surface area contributed by atoms with E-state index in [4.69, 9.17) is 11.6 Å². The van der Waals surface area contributed by atoms with Gasteiger partial charge in [-0.05, 0) is 35.9 Å². The second kappa shape index (κ2) is 8.86. The van der Waals surface area contributed by atoms with Crippen LogP contribution in [0.4, 0.5) is 10.1 Å². The molecule has 2 aromatic carbocycles. The summed E-state index contributed by atoms with van der Waals surface area (Å²) in [4.78, 5) is 28.2. The van der Waals surface area contributed by atoms with Crippen molar-refractivity contribution in [3.05, 3.63) is 64.9 Å². The van der Waals surface area contributed by atoms with E-state index in [2.05, 4.69) is 10.2 Å². The van der Waals surface area contributed by atoms with Crippen molar-refractivity contribution in [3.63, 3.8) is 0 Å². The molecule has 0 spiro atoms. The van der Waals surface area contributed by atoms with E-state index in [0.29, 0.717) is 36.8 Å². The Morgan fingerprint density at radius 3 is 2.48 bits per heavy atom. The maximum Gasteiger partial charge on any atom is 0.242 e. The van der Waals surface area contributed by atoms with Crippen LogP contribution in [0.15, 0.2) is 48.5 Å². The average Bonchev–Trinajstić information content (AvgIpc) is 2.66. The third-order valence-corrected chi connectivity index (χ3v) is 4.73. The van der Waals surface area contributed by atoms with Crippen LogP contribution in [-0.4, -0.2) is 49.4 Å². The Morgan fingerprint density at radius 2 is 1.78 bits per heavy atom. The molecular weight excluding hydrogens is 369 g/mol. The lowest BCUT2D eigenvalue weighted by Crippen LogP contribution is -2.51. The number of hydrogen-bond donors (Lipinski definition) is 1. The maximum absolute atomic E-state index is 13.1. The molecule has 1 N–H and O–H groups in total. The van der Waals surface area contributed by atoms with Crippen LogP contribution in [0, 0.1) is 5.82 Å². The van der Waals surface area contributed by atoms with Gasteiger partial charge >= 0.3 is 0 Å². The fourth-order valence-corrected chi connectivity index (χ4v) is 3.25. The van der Waals surface area contributed by atoms with Crippen LogP contribution < -0.4 is 10.2 Å². The first-order valence-corrected chi connectivity index (χ1v) is 9.18. The van der Waals surface area contributed by atoms with E-state index in [1.807, 2.05) is 24.3 Å². The van der Waals surface area contributed by atoms with E-state index >= 15 is 0 Å². The standard InChI is InChI=1S/C20H21ClFN3O2/c21-16-4-2-6-18(13-16)24-7-9-25(10-8-24)20(27)14-23-19(26)12-15-3-1-5-17(22)11-15/h1-6,11,13H,7-10,12,14H2,(H,23,26). The Hall–Kier alpha value is -2.60. The van der Waals surface area contributed by atoms with Gasteiger partial charge in [0.2, 0.25) is 11.8 Å². The monoisotopic (exact) mass is 389 g/mol. The molecule has 142 valence electrons. The van der Waals surface area contributed by atoms with E-state index in [1.54, 1.807) is 17.0 Å². The van der Waals surface area contributed by atoms with E-state index in [9.17, 15) is 14.0 Å². The number of carbonyl (C=O) groups is 2. The number of nitrogens with one attached hydrogen (secondary N) is 1. The fourth-order valence-electron chi connectivity index (χ4n) is 3.07. The third-order valence-electron chi connectivity index (χ3n) is 4.50. The highest BCUT2D eigenvalue weighted by Gasteiger charge is 2.21. The molecule has 7 heteroatoms. The zero-order valence-corrected chi connectivity index (χ0v) is 15.6. The second-order valence-corrected chi connectivity index (χ2v) is 6.87. The van der Waals surface area contributed by atoms with E-state index < -0.39 is 0 Å². The Morgan fingerprint density at radius 1 is 1.04 bits per heavy atom. The summed E-state index contributed by atoms with van der Waals surface area (Å²) in [5.41, 5.74) is 1.62. The summed E-state index contributed by atoms with van der Waals surface area (Å²) in [7, 11) is 0. The van der Waals surface area contributed by atoms with Gasteiger partial charge in [0.25, 0.3) is 0 Å². The van der Waals surface area contributed by atoms with Crippen molar-refractivity contribution < 1.29 is 14.0 Å². The molecule has 0 saturated carbocycles. The van der Waals surface area contributed by atoms with Crippen LogP contribution >= 0.6 is 11.6 Å². The zero-order chi connectivity index (χ0) is 19.2. The average molecular weight is 390 g/mol. The smallest absolute Gasteiger partial charge is 0.242 e. The topological polar surface area (TPSA) is 52.7 Å². The third kappa shape index (κ3) is 5.44. The predicted octanol–water partition coefficient (Wildman–Crippen LogP) is 2.49. The number of halogens is 2. The number of amides is 2. The molecule has 0 unspecified atom stereocenters. The first-order chi connectivity index (χ1) is 13.0. The lowest BCUT2D eigenvalue weighted by Gasteiger charge is -2.36. The van der Waals surface area contributed by atoms with Gasteiger partial charge in [0, 0.05) is 36.9 Å². The van der Waals surface area contributed by atoms with Crippen molar-refractivity contribution in [3.8, 4) is 0 Å². The number of benzene rings is 2. The Bertz CT molecular complexity index is 822. The number of piperazine rings is 1. The van der Waals surface area contributed by atoms with Gasteiger partial charge in [0.15, 0.2) is 0 Å². The van der Waals surface area contributed by atoms with Gasteiger partial charge in [0.1, 0.15) is 5.82 Å². The summed E-state index contributed by atoms with van der Waals surface area (Å²) < 4.78 is 13.1. The summed E-state index contributed by atoms with van der Waals surface area (Å²) in [6.45, 7) is 2.55. The fraction of sp³-hybridized carbons (Fsp3) is 0.300. The first-order valence-electron chi connectivity index (χ1n) is 8.81. The summed E-state index contributed by atoms with van der Waals surface area (Å²) in [6, 6.07) is 13.5. The lowest BCUT2D eigenvalue weighted by molar-refractivity contribution is -0.133. The molecule has 1 fully saturated rings. The summed E-state index contributed by atoms with van der Waals surface area (Å²) in [5.74, 6) is -0.797. The number of nitrogens with zero attached hydrogens (tertiary/aromatic N) is 2. The molecule has 1 saturated heterocycles. The van der Waals surface area contributed by atoms with Crippen molar-refractivity contribution in [1.29, 1.82) is 0 Å². The molecule has 1 aliphatic rings. The van der Waals surface area contributed by atoms with Crippen LogP contribution in [0.2, 0.25) is 5.02 Å². The number of anilines is 1. The molecule has 0 radical (unpaired) electrons. The van der Waals surface area contributed by atoms with Crippen LogP contribution in [0.25, 0.3) is 0 Å².